The first-order valence-electron chi connectivity index (χ1n) is 4.31. The number of nitrogens with zero attached hydrogens (tertiary/aromatic N) is 1. The molecule has 0 bridgehead atoms. The Hall–Kier alpha value is -0.650. The van der Waals surface area contributed by atoms with Crippen molar-refractivity contribution in [2.24, 2.45) is 11.7 Å². The van der Waals surface area contributed by atoms with E-state index in [4.69, 9.17) is 11.5 Å². The van der Waals surface area contributed by atoms with Gasteiger partial charge in [-0.2, -0.15) is 0 Å². The van der Waals surface area contributed by atoms with Gasteiger partial charge in [0.25, 0.3) is 0 Å². The zero-order valence-electron chi connectivity index (χ0n) is 7.23. The van der Waals surface area contributed by atoms with Crippen molar-refractivity contribution in [1.82, 2.24) is 4.98 Å². The van der Waals surface area contributed by atoms with Gasteiger partial charge < -0.3 is 16.6 Å². The molecule has 1 fully saturated rings. The summed E-state index contributed by atoms with van der Waals surface area (Å²) < 4.78 is 0. The maximum Gasteiger partial charge on any atom is 0.180 e. The summed E-state index contributed by atoms with van der Waals surface area (Å²) >= 11 is 1.32. The molecule has 72 valence electrons. The fourth-order valence-corrected chi connectivity index (χ4v) is 2.38. The average Bonchev–Trinajstić information content (AvgIpc) is 2.89. The van der Waals surface area contributed by atoms with E-state index in [2.05, 4.69) is 4.98 Å². The lowest BCUT2D eigenvalue weighted by Gasteiger charge is -2.24. The molecule has 4 nitrogen and oxygen atoms in total. The van der Waals surface area contributed by atoms with Gasteiger partial charge in [0.05, 0.1) is 4.88 Å². The van der Waals surface area contributed by atoms with E-state index in [0.29, 0.717) is 11.0 Å². The molecule has 1 aliphatic carbocycles. The lowest BCUT2D eigenvalue weighted by atomic mass is 9.97. The highest BCUT2D eigenvalue weighted by atomic mass is 32.1. The van der Waals surface area contributed by atoms with Gasteiger partial charge in [-0.3, -0.25) is 0 Å². The quantitative estimate of drug-likeness (QED) is 0.653. The highest BCUT2D eigenvalue weighted by molar-refractivity contribution is 7.15. The fourth-order valence-electron chi connectivity index (χ4n) is 1.52. The molecular weight excluding hydrogens is 186 g/mol. The molecule has 1 heterocycles. The molecule has 0 radical (unpaired) electrons. The van der Waals surface area contributed by atoms with Crippen LogP contribution in [0, 0.1) is 5.92 Å². The van der Waals surface area contributed by atoms with Crippen molar-refractivity contribution >= 4 is 16.5 Å². The van der Waals surface area contributed by atoms with Gasteiger partial charge >= 0.3 is 0 Å². The number of aliphatic hydroxyl groups is 1. The lowest BCUT2D eigenvalue weighted by Crippen LogP contribution is -2.36. The van der Waals surface area contributed by atoms with Crippen molar-refractivity contribution in [1.29, 1.82) is 0 Å². The number of nitrogen functional groups attached to an aromatic ring is 1. The number of anilines is 1. The number of rotatable bonds is 3. The summed E-state index contributed by atoms with van der Waals surface area (Å²) in [5, 5.41) is 10.7. The Morgan fingerprint density at radius 3 is 2.77 bits per heavy atom. The zero-order valence-corrected chi connectivity index (χ0v) is 8.05. The predicted molar refractivity (Wildman–Crippen MR) is 52.2 cm³/mol. The summed E-state index contributed by atoms with van der Waals surface area (Å²) in [6.07, 6.45) is 3.72. The number of nitrogens with two attached hydrogens (primary N) is 2. The Bertz CT molecular complexity index is 310. The minimum atomic E-state index is -0.880. The maximum absolute atomic E-state index is 10.2. The van der Waals surface area contributed by atoms with Crippen LogP contribution in [0.1, 0.15) is 17.7 Å². The largest absolute Gasteiger partial charge is 0.383 e. The van der Waals surface area contributed by atoms with E-state index in [1.807, 2.05) is 0 Å². The molecule has 1 aromatic heterocycles. The van der Waals surface area contributed by atoms with Crippen LogP contribution in [0.15, 0.2) is 6.20 Å². The minimum Gasteiger partial charge on any atom is -0.383 e. The first-order chi connectivity index (χ1) is 6.16. The van der Waals surface area contributed by atoms with Gasteiger partial charge in [0.2, 0.25) is 0 Å². The molecule has 1 aromatic rings. The SMILES string of the molecule is NCC(O)(c1cnc(N)s1)C1CC1. The fraction of sp³-hybridized carbons (Fsp3) is 0.625. The molecule has 0 amide bonds. The monoisotopic (exact) mass is 199 g/mol. The third kappa shape index (κ3) is 1.43. The average molecular weight is 199 g/mol. The summed E-state index contributed by atoms with van der Waals surface area (Å²) in [6.45, 7) is 0.249. The van der Waals surface area contributed by atoms with E-state index >= 15 is 0 Å². The van der Waals surface area contributed by atoms with E-state index in [-0.39, 0.29) is 6.54 Å². The van der Waals surface area contributed by atoms with Crippen LogP contribution in [0.2, 0.25) is 0 Å². The van der Waals surface area contributed by atoms with Gasteiger partial charge in [0.1, 0.15) is 5.60 Å². The second-order valence-electron chi connectivity index (χ2n) is 3.47. The molecule has 0 spiro atoms. The van der Waals surface area contributed by atoms with Crippen molar-refractivity contribution < 1.29 is 5.11 Å². The molecule has 0 aromatic carbocycles. The molecule has 5 N–H and O–H groups in total. The summed E-state index contributed by atoms with van der Waals surface area (Å²) in [6, 6.07) is 0. The second kappa shape index (κ2) is 2.94. The third-order valence-electron chi connectivity index (χ3n) is 2.51. The molecule has 1 aliphatic rings. The highest BCUT2D eigenvalue weighted by Gasteiger charge is 2.45. The Labute approximate surface area is 80.6 Å². The van der Waals surface area contributed by atoms with Crippen LogP contribution in [0.5, 0.6) is 0 Å². The van der Waals surface area contributed by atoms with Crippen molar-refractivity contribution in [2.75, 3.05) is 12.3 Å². The molecule has 1 unspecified atom stereocenters. The molecule has 0 aliphatic heterocycles. The summed E-state index contributed by atoms with van der Waals surface area (Å²) in [4.78, 5) is 4.72. The first-order valence-corrected chi connectivity index (χ1v) is 5.12. The molecule has 1 atom stereocenters. The first kappa shape index (κ1) is 8.93. The third-order valence-corrected chi connectivity index (χ3v) is 3.51. The van der Waals surface area contributed by atoms with Gasteiger partial charge in [-0.15, -0.1) is 0 Å². The maximum atomic E-state index is 10.2. The van der Waals surface area contributed by atoms with Gasteiger partial charge in [0.15, 0.2) is 5.13 Å². The smallest absolute Gasteiger partial charge is 0.180 e. The van der Waals surface area contributed by atoms with E-state index in [1.165, 1.54) is 11.3 Å². The minimum absolute atomic E-state index is 0.249. The highest BCUT2D eigenvalue weighted by Crippen LogP contribution is 2.46. The van der Waals surface area contributed by atoms with Crippen LogP contribution in [0.4, 0.5) is 5.13 Å². The summed E-state index contributed by atoms with van der Waals surface area (Å²) in [5.41, 5.74) is 10.2. The van der Waals surface area contributed by atoms with Crippen molar-refractivity contribution in [2.45, 2.75) is 18.4 Å². The van der Waals surface area contributed by atoms with Gasteiger partial charge in [-0.25, -0.2) is 4.98 Å². The molecule has 2 rings (SSSR count). The van der Waals surface area contributed by atoms with Gasteiger partial charge in [0, 0.05) is 12.7 Å². The molecule has 13 heavy (non-hydrogen) atoms. The van der Waals surface area contributed by atoms with E-state index < -0.39 is 5.60 Å². The zero-order chi connectivity index (χ0) is 9.47. The Morgan fingerprint density at radius 2 is 2.38 bits per heavy atom. The standard InChI is InChI=1S/C8H13N3OS/c9-4-8(12,5-1-2-5)6-3-11-7(10)13-6/h3,5,12H,1-2,4,9H2,(H2,10,11). The second-order valence-corrected chi connectivity index (χ2v) is 4.53. The number of hydrogen-bond donors (Lipinski definition) is 3. The van der Waals surface area contributed by atoms with Crippen molar-refractivity contribution in [3.05, 3.63) is 11.1 Å². The number of thiazole rings is 1. The Morgan fingerprint density at radius 1 is 1.69 bits per heavy atom. The van der Waals surface area contributed by atoms with Crippen molar-refractivity contribution in [3.63, 3.8) is 0 Å². The van der Waals surface area contributed by atoms with Crippen LogP contribution in [0.25, 0.3) is 0 Å². The van der Waals surface area contributed by atoms with Crippen LogP contribution >= 0.6 is 11.3 Å². The van der Waals surface area contributed by atoms with Gasteiger partial charge in [-0.1, -0.05) is 11.3 Å². The molecule has 5 heteroatoms. The van der Waals surface area contributed by atoms with E-state index in [0.717, 1.165) is 17.7 Å². The van der Waals surface area contributed by atoms with E-state index in [1.54, 1.807) is 6.20 Å². The lowest BCUT2D eigenvalue weighted by molar-refractivity contribution is 0.0257. The van der Waals surface area contributed by atoms with Crippen LogP contribution in [-0.2, 0) is 5.60 Å². The van der Waals surface area contributed by atoms with Crippen LogP contribution in [0.3, 0.4) is 0 Å². The van der Waals surface area contributed by atoms with Crippen molar-refractivity contribution in [3.8, 4) is 0 Å². The Kier molecular flexibility index (Phi) is 2.02. The molecular formula is C8H13N3OS. The summed E-state index contributed by atoms with van der Waals surface area (Å²) in [7, 11) is 0. The molecule has 0 saturated heterocycles. The van der Waals surface area contributed by atoms with Crippen LogP contribution < -0.4 is 11.5 Å². The normalized spacial score (nSPS) is 21.4. The predicted octanol–water partition coefficient (Wildman–Crippen LogP) is 0.282. The topological polar surface area (TPSA) is 85.2 Å². The number of aromatic nitrogens is 1. The Balaban J connectivity index is 2.29. The van der Waals surface area contributed by atoms with Gasteiger partial charge in [-0.05, 0) is 18.8 Å². The number of hydrogen-bond acceptors (Lipinski definition) is 5. The molecule has 1 saturated carbocycles. The van der Waals surface area contributed by atoms with E-state index in [9.17, 15) is 5.11 Å². The van der Waals surface area contributed by atoms with Crippen LogP contribution in [-0.4, -0.2) is 16.6 Å². The summed E-state index contributed by atoms with van der Waals surface area (Å²) in [5.74, 6) is 0.303.